The first kappa shape index (κ1) is 13.6. The molecule has 0 fully saturated rings. The van der Waals surface area contributed by atoms with Crippen LogP contribution in [0.1, 0.15) is 23.6 Å². The van der Waals surface area contributed by atoms with Crippen LogP contribution in [0.15, 0.2) is 78.9 Å². The molecule has 0 saturated heterocycles. The maximum absolute atomic E-state index is 2.26. The van der Waals surface area contributed by atoms with E-state index in [0.717, 1.165) is 12.8 Å². The third-order valence-corrected chi connectivity index (χ3v) is 3.95. The maximum atomic E-state index is 2.26. The lowest BCUT2D eigenvalue weighted by Gasteiger charge is -2.14. The molecule has 104 valence electrons. The molecule has 0 aliphatic rings. The van der Waals surface area contributed by atoms with Crippen LogP contribution in [-0.2, 0) is 12.8 Å². The van der Waals surface area contributed by atoms with Crippen molar-refractivity contribution < 1.29 is 0 Å². The topological polar surface area (TPSA) is 0 Å². The Morgan fingerprint density at radius 1 is 0.667 bits per heavy atom. The van der Waals surface area contributed by atoms with Crippen LogP contribution in [0.5, 0.6) is 0 Å². The Balaban J connectivity index is 2.02. The van der Waals surface area contributed by atoms with Crippen LogP contribution in [0.2, 0.25) is 0 Å². The molecule has 0 bridgehead atoms. The molecule has 0 heterocycles. The minimum atomic E-state index is 1.00. The molecule has 0 atom stereocenters. The molecular weight excluding hydrogens is 252 g/mol. The van der Waals surface area contributed by atoms with Crippen molar-refractivity contribution >= 4 is 0 Å². The van der Waals surface area contributed by atoms with Crippen LogP contribution in [-0.4, -0.2) is 0 Å². The van der Waals surface area contributed by atoms with E-state index < -0.39 is 0 Å². The Morgan fingerprint density at radius 3 is 2.00 bits per heavy atom. The Bertz CT molecular complexity index is 697. The van der Waals surface area contributed by atoms with E-state index in [2.05, 4.69) is 85.8 Å². The zero-order valence-electron chi connectivity index (χ0n) is 12.4. The maximum Gasteiger partial charge on any atom is -0.00228 e. The van der Waals surface area contributed by atoms with Gasteiger partial charge in [0.2, 0.25) is 0 Å². The van der Waals surface area contributed by atoms with E-state index in [1.165, 1.54) is 27.8 Å². The lowest BCUT2D eigenvalue weighted by Crippen LogP contribution is -1.97. The smallest absolute Gasteiger partial charge is 0.00228 e. The highest BCUT2D eigenvalue weighted by Gasteiger charge is 2.08. The first-order chi connectivity index (χ1) is 10.4. The Kier molecular flexibility index (Phi) is 4.16. The van der Waals surface area contributed by atoms with Crippen molar-refractivity contribution in [3.8, 4) is 11.1 Å². The summed E-state index contributed by atoms with van der Waals surface area (Å²) in [6.45, 7) is 2.25. The summed E-state index contributed by atoms with van der Waals surface area (Å²) in [6, 6.07) is 28.1. The van der Waals surface area contributed by atoms with Crippen molar-refractivity contribution in [2.24, 2.45) is 0 Å². The molecule has 0 radical (unpaired) electrons. The van der Waals surface area contributed by atoms with Gasteiger partial charge in [-0.3, -0.25) is 0 Å². The van der Waals surface area contributed by atoms with E-state index in [-0.39, 0.29) is 0 Å². The highest BCUT2D eigenvalue weighted by molar-refractivity contribution is 5.69. The van der Waals surface area contributed by atoms with Crippen LogP contribution >= 0.6 is 0 Å². The monoisotopic (exact) mass is 272 g/mol. The SMILES string of the molecule is CCc1c(Cc2ccccc2)cccc1-c1ccccc1. The average Bonchev–Trinajstić information content (AvgIpc) is 2.56. The average molecular weight is 272 g/mol. The molecule has 3 rings (SSSR count). The zero-order chi connectivity index (χ0) is 14.5. The summed E-state index contributed by atoms with van der Waals surface area (Å²) in [5.74, 6) is 0. The number of hydrogen-bond acceptors (Lipinski definition) is 0. The Labute approximate surface area is 127 Å². The molecule has 0 unspecified atom stereocenters. The molecule has 0 N–H and O–H groups in total. The van der Waals surface area contributed by atoms with Gasteiger partial charge in [0.25, 0.3) is 0 Å². The van der Waals surface area contributed by atoms with Gasteiger partial charge in [-0.1, -0.05) is 85.8 Å². The highest BCUT2D eigenvalue weighted by atomic mass is 14.1. The highest BCUT2D eigenvalue weighted by Crippen LogP contribution is 2.28. The number of benzene rings is 3. The molecule has 3 aromatic carbocycles. The van der Waals surface area contributed by atoms with Crippen LogP contribution in [0.3, 0.4) is 0 Å². The molecule has 0 heteroatoms. The van der Waals surface area contributed by atoms with Crippen LogP contribution in [0.4, 0.5) is 0 Å². The molecule has 21 heavy (non-hydrogen) atoms. The normalized spacial score (nSPS) is 10.5. The summed E-state index contributed by atoms with van der Waals surface area (Å²) in [5.41, 5.74) is 6.95. The van der Waals surface area contributed by atoms with Crippen molar-refractivity contribution in [3.05, 3.63) is 95.6 Å². The summed E-state index contributed by atoms with van der Waals surface area (Å²) in [5, 5.41) is 0. The predicted molar refractivity (Wildman–Crippen MR) is 90.5 cm³/mol. The first-order valence-electron chi connectivity index (χ1n) is 7.58. The molecule has 0 saturated carbocycles. The van der Waals surface area contributed by atoms with Gasteiger partial charge in [0.15, 0.2) is 0 Å². The third kappa shape index (κ3) is 3.05. The summed E-state index contributed by atoms with van der Waals surface area (Å²) in [4.78, 5) is 0. The molecule has 3 aromatic rings. The molecule has 0 aromatic heterocycles. The second-order valence-electron chi connectivity index (χ2n) is 5.33. The quantitative estimate of drug-likeness (QED) is 0.587. The van der Waals surface area contributed by atoms with Gasteiger partial charge in [0.05, 0.1) is 0 Å². The van der Waals surface area contributed by atoms with E-state index in [1.54, 1.807) is 0 Å². The minimum absolute atomic E-state index is 1.00. The standard InChI is InChI=1S/C21H20/c1-2-20-19(16-17-10-5-3-6-11-17)14-9-15-21(20)18-12-7-4-8-13-18/h3-15H,2,16H2,1H3. The fourth-order valence-electron chi connectivity index (χ4n) is 2.92. The molecule has 0 aliphatic carbocycles. The largest absolute Gasteiger partial charge is 0.0622 e. The van der Waals surface area contributed by atoms with Gasteiger partial charge in [-0.15, -0.1) is 0 Å². The van der Waals surface area contributed by atoms with Gasteiger partial charge in [0, 0.05) is 0 Å². The second kappa shape index (κ2) is 6.41. The van der Waals surface area contributed by atoms with Crippen molar-refractivity contribution in [2.45, 2.75) is 19.8 Å². The third-order valence-electron chi connectivity index (χ3n) is 3.95. The van der Waals surface area contributed by atoms with E-state index in [9.17, 15) is 0 Å². The summed E-state index contributed by atoms with van der Waals surface area (Å²) >= 11 is 0. The van der Waals surface area contributed by atoms with E-state index in [4.69, 9.17) is 0 Å². The van der Waals surface area contributed by atoms with Crippen molar-refractivity contribution in [1.82, 2.24) is 0 Å². The van der Waals surface area contributed by atoms with Crippen LogP contribution < -0.4 is 0 Å². The van der Waals surface area contributed by atoms with Gasteiger partial charge in [-0.2, -0.15) is 0 Å². The Hall–Kier alpha value is -2.34. The van der Waals surface area contributed by atoms with Gasteiger partial charge in [-0.25, -0.2) is 0 Å². The van der Waals surface area contributed by atoms with Gasteiger partial charge in [-0.05, 0) is 40.7 Å². The lowest BCUT2D eigenvalue weighted by molar-refractivity contribution is 1.06. The van der Waals surface area contributed by atoms with Crippen molar-refractivity contribution in [1.29, 1.82) is 0 Å². The predicted octanol–water partition coefficient (Wildman–Crippen LogP) is 5.51. The van der Waals surface area contributed by atoms with E-state index in [1.807, 2.05) is 0 Å². The second-order valence-corrected chi connectivity index (χ2v) is 5.33. The molecule has 0 spiro atoms. The van der Waals surface area contributed by atoms with Crippen molar-refractivity contribution in [2.75, 3.05) is 0 Å². The van der Waals surface area contributed by atoms with E-state index >= 15 is 0 Å². The van der Waals surface area contributed by atoms with Gasteiger partial charge in [0.1, 0.15) is 0 Å². The van der Waals surface area contributed by atoms with Gasteiger partial charge < -0.3 is 0 Å². The fraction of sp³-hybridized carbons (Fsp3) is 0.143. The van der Waals surface area contributed by atoms with Crippen LogP contribution in [0, 0.1) is 0 Å². The molecular formula is C21H20. The lowest BCUT2D eigenvalue weighted by atomic mass is 9.91. The minimum Gasteiger partial charge on any atom is -0.0622 e. The summed E-state index contributed by atoms with van der Waals surface area (Å²) in [7, 11) is 0. The van der Waals surface area contributed by atoms with Gasteiger partial charge >= 0.3 is 0 Å². The molecule has 0 nitrogen and oxygen atoms in total. The Morgan fingerprint density at radius 2 is 1.33 bits per heavy atom. The summed E-state index contributed by atoms with van der Waals surface area (Å²) < 4.78 is 0. The fourth-order valence-corrected chi connectivity index (χ4v) is 2.92. The van der Waals surface area contributed by atoms with E-state index in [0.29, 0.717) is 0 Å². The molecule has 0 aliphatic heterocycles. The van der Waals surface area contributed by atoms with Crippen LogP contribution in [0.25, 0.3) is 11.1 Å². The number of hydrogen-bond donors (Lipinski definition) is 0. The summed E-state index contributed by atoms with van der Waals surface area (Å²) in [6.07, 6.45) is 2.07. The zero-order valence-corrected chi connectivity index (χ0v) is 12.4. The number of rotatable bonds is 4. The van der Waals surface area contributed by atoms with Crippen molar-refractivity contribution in [3.63, 3.8) is 0 Å². The first-order valence-corrected chi connectivity index (χ1v) is 7.58. The molecule has 0 amide bonds.